The van der Waals surface area contributed by atoms with Crippen molar-refractivity contribution in [2.24, 2.45) is 4.99 Å². The molecule has 6 nitrogen and oxygen atoms in total. The number of phenolic OH excluding ortho intramolecular Hbond substituents is 1. The first-order chi connectivity index (χ1) is 12.5. The van der Waals surface area contributed by atoms with Gasteiger partial charge in [0.1, 0.15) is 22.9 Å². The molecule has 0 bridgehead atoms. The minimum absolute atomic E-state index is 0.184. The van der Waals surface area contributed by atoms with Crippen LogP contribution in [-0.2, 0) is 4.79 Å². The number of nitrogens with zero attached hydrogens (tertiary/aromatic N) is 1. The number of thioether (sulfide) groups is 1. The number of amides is 1. The van der Waals surface area contributed by atoms with Crippen LogP contribution in [0.25, 0.3) is 5.57 Å². The summed E-state index contributed by atoms with van der Waals surface area (Å²) < 4.78 is 10.5. The monoisotopic (exact) mass is 370 g/mol. The average Bonchev–Trinajstić information content (AvgIpc) is 3.02. The van der Waals surface area contributed by atoms with Gasteiger partial charge in [-0.1, -0.05) is 12.1 Å². The molecule has 0 radical (unpaired) electrons. The minimum atomic E-state index is -0.202. The van der Waals surface area contributed by atoms with Crippen LogP contribution in [0.1, 0.15) is 12.5 Å². The number of aromatic hydroxyl groups is 1. The van der Waals surface area contributed by atoms with Crippen LogP contribution in [0, 0.1) is 0 Å². The van der Waals surface area contributed by atoms with Gasteiger partial charge in [0, 0.05) is 6.07 Å². The lowest BCUT2D eigenvalue weighted by Crippen LogP contribution is -2.19. The summed E-state index contributed by atoms with van der Waals surface area (Å²) in [6.07, 6.45) is 0. The summed E-state index contributed by atoms with van der Waals surface area (Å²) in [4.78, 5) is 17.4. The number of carbonyl (C=O) groups excluding carboxylic acids is 1. The van der Waals surface area contributed by atoms with Crippen molar-refractivity contribution >= 4 is 34.1 Å². The van der Waals surface area contributed by atoms with Gasteiger partial charge < -0.3 is 19.9 Å². The summed E-state index contributed by atoms with van der Waals surface area (Å²) >= 11 is 1.27. The Balaban J connectivity index is 1.91. The molecule has 7 heteroatoms. The standard InChI is InChI=1S/C19H18N2O4S/c1-11(12-4-6-13(22)7-5-12)17-18(23)21-19(26-17)20-15-9-8-14(24-2)10-16(15)25-3/h4-10,22H,1-3H3,(H,20,21,23)/b17-11-. The van der Waals surface area contributed by atoms with Gasteiger partial charge in [0.05, 0.1) is 19.1 Å². The third-order valence-electron chi connectivity index (χ3n) is 3.88. The van der Waals surface area contributed by atoms with Gasteiger partial charge in [0.25, 0.3) is 5.91 Å². The normalized spacial score (nSPS) is 17.2. The lowest BCUT2D eigenvalue weighted by atomic mass is 10.1. The molecule has 1 fully saturated rings. The van der Waals surface area contributed by atoms with Gasteiger partial charge in [-0.3, -0.25) is 4.79 Å². The molecular formula is C19H18N2O4S. The van der Waals surface area contributed by atoms with Crippen molar-refractivity contribution in [3.8, 4) is 17.2 Å². The van der Waals surface area contributed by atoms with Gasteiger partial charge in [-0.2, -0.15) is 0 Å². The quantitative estimate of drug-likeness (QED) is 0.803. The molecule has 0 saturated carbocycles. The van der Waals surface area contributed by atoms with E-state index >= 15 is 0 Å². The zero-order valence-electron chi connectivity index (χ0n) is 14.6. The lowest BCUT2D eigenvalue weighted by molar-refractivity contribution is -0.115. The largest absolute Gasteiger partial charge is 0.508 e. The Morgan fingerprint density at radius 1 is 1.12 bits per heavy atom. The van der Waals surface area contributed by atoms with Gasteiger partial charge in [-0.05, 0) is 54.1 Å². The van der Waals surface area contributed by atoms with Crippen molar-refractivity contribution in [3.63, 3.8) is 0 Å². The first-order valence-electron chi connectivity index (χ1n) is 7.82. The van der Waals surface area contributed by atoms with Crippen LogP contribution >= 0.6 is 11.8 Å². The van der Waals surface area contributed by atoms with Gasteiger partial charge in [0.15, 0.2) is 5.17 Å². The fraction of sp³-hybridized carbons (Fsp3) is 0.158. The molecule has 0 aliphatic carbocycles. The molecule has 2 N–H and O–H groups in total. The van der Waals surface area contributed by atoms with Crippen LogP contribution in [0.5, 0.6) is 17.2 Å². The lowest BCUT2D eigenvalue weighted by Gasteiger charge is -2.07. The molecule has 1 aliphatic rings. The van der Waals surface area contributed by atoms with Crippen LogP contribution in [0.2, 0.25) is 0 Å². The molecule has 0 spiro atoms. The van der Waals surface area contributed by atoms with E-state index in [1.807, 2.05) is 6.92 Å². The van der Waals surface area contributed by atoms with Crippen molar-refractivity contribution < 1.29 is 19.4 Å². The van der Waals surface area contributed by atoms with E-state index in [4.69, 9.17) is 9.47 Å². The Bertz CT molecular complexity index is 904. The molecule has 2 aromatic carbocycles. The summed E-state index contributed by atoms with van der Waals surface area (Å²) in [5, 5.41) is 12.7. The van der Waals surface area contributed by atoms with Gasteiger partial charge in [-0.25, -0.2) is 4.99 Å². The van der Waals surface area contributed by atoms with Crippen LogP contribution in [0.4, 0.5) is 5.69 Å². The van der Waals surface area contributed by atoms with Crippen LogP contribution < -0.4 is 14.8 Å². The van der Waals surface area contributed by atoms with Gasteiger partial charge in [-0.15, -0.1) is 0 Å². The fourth-order valence-corrected chi connectivity index (χ4v) is 3.34. The van der Waals surface area contributed by atoms with Gasteiger partial charge >= 0.3 is 0 Å². The number of benzene rings is 2. The molecule has 1 aliphatic heterocycles. The molecule has 1 heterocycles. The predicted molar refractivity (Wildman–Crippen MR) is 103 cm³/mol. The van der Waals surface area contributed by atoms with Crippen molar-refractivity contribution in [2.45, 2.75) is 6.92 Å². The molecule has 26 heavy (non-hydrogen) atoms. The highest BCUT2D eigenvalue weighted by Crippen LogP contribution is 2.36. The molecule has 2 aromatic rings. The summed E-state index contributed by atoms with van der Waals surface area (Å²) in [5.74, 6) is 1.20. The van der Waals surface area contributed by atoms with Crippen LogP contribution in [0.3, 0.4) is 0 Å². The number of aliphatic imine (C=N–C) groups is 1. The number of hydrogen-bond donors (Lipinski definition) is 2. The zero-order chi connectivity index (χ0) is 18.7. The Hall–Kier alpha value is -2.93. The smallest absolute Gasteiger partial charge is 0.264 e. The predicted octanol–water partition coefficient (Wildman–Crippen LogP) is 3.69. The third kappa shape index (κ3) is 3.67. The van der Waals surface area contributed by atoms with Crippen molar-refractivity contribution in [1.29, 1.82) is 0 Å². The number of hydrogen-bond acceptors (Lipinski definition) is 6. The maximum Gasteiger partial charge on any atom is 0.264 e. The number of nitrogens with one attached hydrogen (secondary N) is 1. The number of phenols is 1. The SMILES string of the molecule is COc1ccc(N=C2NC(=O)/C(=C(\C)c3ccc(O)cc3)S2)c(OC)c1. The van der Waals surface area contributed by atoms with E-state index in [-0.39, 0.29) is 11.7 Å². The number of ether oxygens (including phenoxy) is 2. The highest BCUT2D eigenvalue weighted by Gasteiger charge is 2.26. The summed E-state index contributed by atoms with van der Waals surface area (Å²) in [5.41, 5.74) is 2.28. The van der Waals surface area contributed by atoms with Crippen molar-refractivity contribution in [2.75, 3.05) is 14.2 Å². The topological polar surface area (TPSA) is 80.2 Å². The highest BCUT2D eigenvalue weighted by molar-refractivity contribution is 8.18. The minimum Gasteiger partial charge on any atom is -0.508 e. The van der Waals surface area contributed by atoms with Crippen molar-refractivity contribution in [1.82, 2.24) is 5.32 Å². The molecular weight excluding hydrogens is 352 g/mol. The number of carbonyl (C=O) groups is 1. The van der Waals surface area contributed by atoms with Gasteiger partial charge in [0.2, 0.25) is 0 Å². The second-order valence-electron chi connectivity index (χ2n) is 5.51. The maximum atomic E-state index is 12.3. The molecule has 1 amide bonds. The highest BCUT2D eigenvalue weighted by atomic mass is 32.2. The second kappa shape index (κ2) is 7.53. The van der Waals surface area contributed by atoms with E-state index in [9.17, 15) is 9.90 Å². The molecule has 0 unspecified atom stereocenters. The fourth-order valence-electron chi connectivity index (χ4n) is 2.45. The molecule has 0 atom stereocenters. The van der Waals surface area contributed by atoms with E-state index in [2.05, 4.69) is 10.3 Å². The van der Waals surface area contributed by atoms with E-state index in [1.165, 1.54) is 11.8 Å². The summed E-state index contributed by atoms with van der Waals surface area (Å²) in [6.45, 7) is 1.87. The average molecular weight is 370 g/mol. The number of amidine groups is 1. The third-order valence-corrected chi connectivity index (χ3v) is 4.96. The Labute approximate surface area is 155 Å². The molecule has 1 saturated heterocycles. The Morgan fingerprint density at radius 2 is 1.85 bits per heavy atom. The van der Waals surface area contributed by atoms with E-state index < -0.39 is 0 Å². The van der Waals surface area contributed by atoms with Crippen LogP contribution in [-0.4, -0.2) is 30.4 Å². The number of methoxy groups -OCH3 is 2. The first-order valence-corrected chi connectivity index (χ1v) is 8.63. The summed E-state index contributed by atoms with van der Waals surface area (Å²) in [7, 11) is 3.13. The number of allylic oxidation sites excluding steroid dienone is 1. The molecule has 134 valence electrons. The number of rotatable bonds is 4. The van der Waals surface area contributed by atoms with E-state index in [0.717, 1.165) is 11.1 Å². The summed E-state index contributed by atoms with van der Waals surface area (Å²) in [6, 6.07) is 12.0. The van der Waals surface area contributed by atoms with E-state index in [1.54, 1.807) is 56.7 Å². The van der Waals surface area contributed by atoms with Crippen molar-refractivity contribution in [3.05, 3.63) is 52.9 Å². The maximum absolute atomic E-state index is 12.3. The van der Waals surface area contributed by atoms with Crippen LogP contribution in [0.15, 0.2) is 52.4 Å². The molecule has 0 aromatic heterocycles. The second-order valence-corrected chi connectivity index (χ2v) is 6.51. The Morgan fingerprint density at radius 3 is 2.50 bits per heavy atom. The van der Waals surface area contributed by atoms with E-state index in [0.29, 0.717) is 27.3 Å². The molecule has 3 rings (SSSR count). The first kappa shape index (κ1) is 17.9. The zero-order valence-corrected chi connectivity index (χ0v) is 15.4. The Kier molecular flexibility index (Phi) is 5.18.